The predicted octanol–water partition coefficient (Wildman–Crippen LogP) is 4.47. The second kappa shape index (κ2) is 3.73. The first-order valence-corrected chi connectivity index (χ1v) is 7.25. The molecule has 0 unspecified atom stereocenters. The maximum atomic E-state index is 5.77. The van der Waals surface area contributed by atoms with Crippen LogP contribution in [0.25, 0.3) is 10.8 Å². The van der Waals surface area contributed by atoms with Crippen molar-refractivity contribution in [3.63, 3.8) is 0 Å². The molecule has 6 rings (SSSR count). The van der Waals surface area contributed by atoms with Gasteiger partial charge in [-0.15, -0.1) is 0 Å². The van der Waals surface area contributed by atoms with Crippen LogP contribution in [0.4, 0.5) is 0 Å². The van der Waals surface area contributed by atoms with Gasteiger partial charge in [0.15, 0.2) is 5.60 Å². The molecule has 0 N–H and O–H groups in total. The Balaban J connectivity index is 1.94. The lowest BCUT2D eigenvalue weighted by atomic mass is 9.72. The molecule has 2 atom stereocenters. The predicted molar refractivity (Wildman–Crippen MR) is 80.9 cm³/mol. The zero-order valence-corrected chi connectivity index (χ0v) is 11.7. The molecule has 3 aliphatic rings. The molecule has 3 aromatic carbocycles. The van der Waals surface area contributed by atoms with Crippen LogP contribution in [0.15, 0.2) is 60.7 Å². The number of hydrogen-bond donors (Lipinski definition) is 0. The van der Waals surface area contributed by atoms with Gasteiger partial charge in [0.1, 0.15) is 6.10 Å². The third kappa shape index (κ3) is 1.29. The highest BCUT2D eigenvalue weighted by Gasteiger charge is 2.49. The average molecular weight is 274 g/mol. The van der Waals surface area contributed by atoms with E-state index in [-0.39, 0.29) is 6.10 Å². The Morgan fingerprint density at radius 2 is 1.67 bits per heavy atom. The van der Waals surface area contributed by atoms with Crippen LogP contribution in [0.3, 0.4) is 0 Å². The van der Waals surface area contributed by atoms with Crippen LogP contribution < -0.4 is 0 Å². The van der Waals surface area contributed by atoms with E-state index in [1.54, 1.807) is 0 Å². The van der Waals surface area contributed by atoms with Crippen molar-refractivity contribution >= 4 is 10.8 Å². The molecule has 2 nitrogen and oxygen atoms in total. The van der Waals surface area contributed by atoms with Gasteiger partial charge in [0.2, 0.25) is 0 Å². The van der Waals surface area contributed by atoms with E-state index in [2.05, 4.69) is 67.6 Å². The van der Waals surface area contributed by atoms with Crippen molar-refractivity contribution in [2.75, 3.05) is 0 Å². The zero-order chi connectivity index (χ0) is 14.0. The van der Waals surface area contributed by atoms with Crippen LogP contribution in [-0.4, -0.2) is 0 Å². The highest BCUT2D eigenvalue weighted by molar-refractivity contribution is 5.89. The minimum absolute atomic E-state index is 0.135. The maximum Gasteiger partial charge on any atom is 0.151 e. The van der Waals surface area contributed by atoms with Crippen molar-refractivity contribution in [1.29, 1.82) is 0 Å². The standard InChI is InChI=1S/C19H14O2/c1-19-15-9-5-4-8-14(15)18(20-21-19)17-13-7-3-2-6-12(13)10-11-16(17)19/h2-11,18H,1H3/t18-,19-/m1/s1. The molecule has 2 heterocycles. The van der Waals surface area contributed by atoms with Crippen LogP contribution in [0, 0.1) is 0 Å². The molecule has 0 fully saturated rings. The summed E-state index contributed by atoms with van der Waals surface area (Å²) < 4.78 is 0. The molecule has 0 radical (unpaired) electrons. The molecule has 2 aliphatic heterocycles. The molecular formula is C19H14O2. The Morgan fingerprint density at radius 3 is 2.62 bits per heavy atom. The van der Waals surface area contributed by atoms with Crippen molar-refractivity contribution < 1.29 is 9.78 Å². The van der Waals surface area contributed by atoms with Gasteiger partial charge < -0.3 is 0 Å². The SMILES string of the molecule is C[C@@]12OO[C@H](c3ccccc31)c1c2ccc2ccccc12. The summed E-state index contributed by atoms with van der Waals surface area (Å²) in [5, 5.41) is 2.50. The lowest BCUT2D eigenvalue weighted by molar-refractivity contribution is -0.392. The highest BCUT2D eigenvalue weighted by Crippen LogP contribution is 2.54. The molecule has 0 spiro atoms. The largest absolute Gasteiger partial charge is 0.222 e. The van der Waals surface area contributed by atoms with Crippen LogP contribution in [-0.2, 0) is 15.4 Å². The van der Waals surface area contributed by atoms with Crippen LogP contribution in [0.2, 0.25) is 0 Å². The van der Waals surface area contributed by atoms with Crippen LogP contribution >= 0.6 is 0 Å². The molecule has 102 valence electrons. The number of rotatable bonds is 0. The fraction of sp³-hybridized carbons (Fsp3) is 0.158. The summed E-state index contributed by atoms with van der Waals surface area (Å²) >= 11 is 0. The minimum atomic E-state index is -0.523. The Labute approximate surface area is 122 Å². The van der Waals surface area contributed by atoms with Gasteiger partial charge in [-0.2, -0.15) is 0 Å². The van der Waals surface area contributed by atoms with Crippen molar-refractivity contribution in [1.82, 2.24) is 0 Å². The van der Waals surface area contributed by atoms with Gasteiger partial charge in [-0.3, -0.25) is 0 Å². The minimum Gasteiger partial charge on any atom is -0.222 e. The third-order valence-corrected chi connectivity index (χ3v) is 4.82. The van der Waals surface area contributed by atoms with Gasteiger partial charge in [0.25, 0.3) is 0 Å². The Kier molecular flexibility index (Phi) is 2.04. The summed E-state index contributed by atoms with van der Waals surface area (Å²) in [6.07, 6.45) is -0.135. The zero-order valence-electron chi connectivity index (χ0n) is 11.7. The first-order valence-electron chi connectivity index (χ1n) is 7.25. The van der Waals surface area contributed by atoms with Crippen LogP contribution in [0.5, 0.6) is 0 Å². The van der Waals surface area contributed by atoms with Gasteiger partial charge in [-0.1, -0.05) is 60.7 Å². The monoisotopic (exact) mass is 274 g/mol. The summed E-state index contributed by atoms with van der Waals surface area (Å²) in [6.45, 7) is 2.09. The van der Waals surface area contributed by atoms with Gasteiger partial charge in [0.05, 0.1) is 0 Å². The molecule has 0 saturated heterocycles. The summed E-state index contributed by atoms with van der Waals surface area (Å²) in [5.41, 5.74) is 4.38. The molecule has 0 aromatic heterocycles. The fourth-order valence-corrected chi connectivity index (χ4v) is 3.79. The van der Waals surface area contributed by atoms with Gasteiger partial charge in [-0.05, 0) is 34.4 Å². The second-order valence-corrected chi connectivity index (χ2v) is 5.93. The third-order valence-electron chi connectivity index (χ3n) is 4.82. The number of hydrogen-bond acceptors (Lipinski definition) is 2. The normalized spacial score (nSPS) is 25.7. The molecule has 0 amide bonds. The number of fused-ring (bicyclic) bond motifs is 2. The van der Waals surface area contributed by atoms with E-state index in [9.17, 15) is 0 Å². The van der Waals surface area contributed by atoms with E-state index >= 15 is 0 Å². The first-order chi connectivity index (χ1) is 10.3. The molecular weight excluding hydrogens is 260 g/mol. The Bertz CT molecular complexity index is 884. The first kappa shape index (κ1) is 11.5. The second-order valence-electron chi connectivity index (χ2n) is 5.93. The summed E-state index contributed by atoms with van der Waals surface area (Å²) in [7, 11) is 0. The van der Waals surface area contributed by atoms with Crippen molar-refractivity contribution in [3.05, 3.63) is 82.9 Å². The molecule has 3 aromatic rings. The average Bonchev–Trinajstić information content (AvgIpc) is 2.55. The summed E-state index contributed by atoms with van der Waals surface area (Å²) in [4.78, 5) is 11.5. The highest BCUT2D eigenvalue weighted by atomic mass is 17.2. The number of benzene rings is 3. The molecule has 2 bridgehead atoms. The Hall–Kier alpha value is -2.16. The van der Waals surface area contributed by atoms with E-state index in [1.807, 2.05) is 0 Å². The van der Waals surface area contributed by atoms with Crippen molar-refractivity contribution in [2.24, 2.45) is 0 Å². The van der Waals surface area contributed by atoms with Gasteiger partial charge in [-0.25, -0.2) is 9.78 Å². The van der Waals surface area contributed by atoms with E-state index in [4.69, 9.17) is 9.78 Å². The summed E-state index contributed by atoms with van der Waals surface area (Å²) in [6, 6.07) is 21.2. The lowest BCUT2D eigenvalue weighted by Crippen LogP contribution is -2.41. The fourth-order valence-electron chi connectivity index (χ4n) is 3.79. The lowest BCUT2D eigenvalue weighted by Gasteiger charge is -2.45. The summed E-state index contributed by atoms with van der Waals surface area (Å²) in [5.74, 6) is 0. The van der Waals surface area contributed by atoms with E-state index in [0.29, 0.717) is 0 Å². The van der Waals surface area contributed by atoms with Gasteiger partial charge >= 0.3 is 0 Å². The van der Waals surface area contributed by atoms with Gasteiger partial charge in [0, 0.05) is 5.56 Å². The topological polar surface area (TPSA) is 18.5 Å². The maximum absolute atomic E-state index is 5.77. The van der Waals surface area contributed by atoms with E-state index < -0.39 is 5.60 Å². The quantitative estimate of drug-likeness (QED) is 0.563. The van der Waals surface area contributed by atoms with Crippen molar-refractivity contribution in [3.8, 4) is 0 Å². The molecule has 0 saturated carbocycles. The van der Waals surface area contributed by atoms with E-state index in [0.717, 1.165) is 0 Å². The molecule has 21 heavy (non-hydrogen) atoms. The Morgan fingerprint density at radius 1 is 0.857 bits per heavy atom. The van der Waals surface area contributed by atoms with E-state index in [1.165, 1.54) is 33.0 Å². The molecule has 2 heteroatoms. The smallest absolute Gasteiger partial charge is 0.151 e. The van der Waals surface area contributed by atoms with Crippen molar-refractivity contribution in [2.45, 2.75) is 18.6 Å². The van der Waals surface area contributed by atoms with Crippen LogP contribution in [0.1, 0.15) is 35.3 Å². The molecule has 1 aliphatic carbocycles.